The molecule has 7 aromatic carbocycles. The number of fused-ring (bicyclic) bond motifs is 13. The van der Waals surface area contributed by atoms with Crippen LogP contribution >= 0.6 is 0 Å². The van der Waals surface area contributed by atoms with Gasteiger partial charge in [0.15, 0.2) is 0 Å². The van der Waals surface area contributed by atoms with Crippen molar-refractivity contribution in [1.29, 1.82) is 0 Å². The SMILES string of the molecule is CC(C)c1cc(C(C)C)c(B2c3ccc(-n4c5ccccc5c5cc6c(cc54)oc4ccccc46)cc3-c3c2ccc2c3C(C)(C)c3ccccc3-2)c(C(C)C)c1. The van der Waals surface area contributed by atoms with Gasteiger partial charge in [-0.05, 0) is 98.2 Å². The van der Waals surface area contributed by atoms with E-state index in [9.17, 15) is 0 Å². The number of nitrogens with zero attached hydrogens (tertiary/aromatic N) is 1. The lowest BCUT2D eigenvalue weighted by Crippen LogP contribution is -2.52. The summed E-state index contributed by atoms with van der Waals surface area (Å²) in [5.74, 6) is 1.26. The molecule has 2 nitrogen and oxygen atoms in total. The Hall–Kier alpha value is -5.80. The van der Waals surface area contributed by atoms with Crippen molar-refractivity contribution in [1.82, 2.24) is 4.57 Å². The number of para-hydroxylation sites is 2. The van der Waals surface area contributed by atoms with Crippen molar-refractivity contribution in [3.63, 3.8) is 0 Å². The molecule has 0 saturated carbocycles. The van der Waals surface area contributed by atoms with Crippen LogP contribution in [0.4, 0.5) is 0 Å². The number of furan rings is 1. The van der Waals surface area contributed by atoms with Gasteiger partial charge in [-0.1, -0.05) is 163 Å². The van der Waals surface area contributed by atoms with Crippen molar-refractivity contribution in [2.75, 3.05) is 0 Å². The summed E-state index contributed by atoms with van der Waals surface area (Å²) in [7, 11) is 0. The van der Waals surface area contributed by atoms with E-state index >= 15 is 0 Å². The molecule has 0 spiro atoms. The summed E-state index contributed by atoms with van der Waals surface area (Å²) < 4.78 is 8.98. The second-order valence-electron chi connectivity index (χ2n) is 18.2. The first-order valence-corrected chi connectivity index (χ1v) is 21.0. The second kappa shape index (κ2) is 12.1. The van der Waals surface area contributed by atoms with Gasteiger partial charge in [0.1, 0.15) is 11.2 Å². The van der Waals surface area contributed by atoms with Gasteiger partial charge in [0.05, 0.1) is 11.0 Å². The van der Waals surface area contributed by atoms with Crippen LogP contribution < -0.4 is 16.4 Å². The van der Waals surface area contributed by atoms with E-state index in [0.29, 0.717) is 17.8 Å². The molecule has 0 saturated heterocycles. The Labute approximate surface area is 336 Å². The number of benzene rings is 7. The number of aromatic nitrogens is 1. The first kappa shape index (κ1) is 34.5. The van der Waals surface area contributed by atoms with Gasteiger partial charge in [0.25, 0.3) is 0 Å². The maximum absolute atomic E-state index is 6.51. The van der Waals surface area contributed by atoms with Crippen LogP contribution in [0.3, 0.4) is 0 Å². The Bertz CT molecular complexity index is 3120. The van der Waals surface area contributed by atoms with E-state index in [2.05, 4.69) is 187 Å². The molecule has 1 aliphatic carbocycles. The first-order valence-electron chi connectivity index (χ1n) is 21.0. The van der Waals surface area contributed by atoms with Gasteiger partial charge in [0, 0.05) is 38.7 Å². The van der Waals surface area contributed by atoms with Crippen LogP contribution in [0.5, 0.6) is 0 Å². The van der Waals surface area contributed by atoms with Crippen LogP contribution in [0.2, 0.25) is 0 Å². The van der Waals surface area contributed by atoms with Crippen LogP contribution in [-0.2, 0) is 5.41 Å². The zero-order valence-corrected chi connectivity index (χ0v) is 34.3. The third-order valence-electron chi connectivity index (χ3n) is 13.6. The van der Waals surface area contributed by atoms with E-state index < -0.39 is 0 Å². The summed E-state index contributed by atoms with van der Waals surface area (Å²) in [4.78, 5) is 0. The van der Waals surface area contributed by atoms with Gasteiger partial charge in [0.2, 0.25) is 6.71 Å². The van der Waals surface area contributed by atoms with Crippen LogP contribution in [-0.4, -0.2) is 11.3 Å². The van der Waals surface area contributed by atoms with E-state index in [1.807, 2.05) is 0 Å². The van der Waals surface area contributed by atoms with Gasteiger partial charge >= 0.3 is 0 Å². The highest BCUT2D eigenvalue weighted by Crippen LogP contribution is 2.52. The smallest absolute Gasteiger partial charge is 0.243 e. The van der Waals surface area contributed by atoms with Gasteiger partial charge in [-0.2, -0.15) is 0 Å². The summed E-state index contributed by atoms with van der Waals surface area (Å²) in [6, 6.07) is 48.4. The van der Waals surface area contributed by atoms with Crippen molar-refractivity contribution in [3.05, 3.63) is 155 Å². The minimum absolute atomic E-state index is 0.137. The van der Waals surface area contributed by atoms with Crippen molar-refractivity contribution in [2.45, 2.75) is 78.6 Å². The molecule has 0 radical (unpaired) electrons. The lowest BCUT2D eigenvalue weighted by Gasteiger charge is -2.27. The molecule has 0 amide bonds. The highest BCUT2D eigenvalue weighted by molar-refractivity contribution is 6.99. The number of hydrogen-bond acceptors (Lipinski definition) is 1. The van der Waals surface area contributed by atoms with E-state index in [1.54, 1.807) is 0 Å². The number of hydrogen-bond donors (Lipinski definition) is 0. The van der Waals surface area contributed by atoms with Crippen molar-refractivity contribution in [2.24, 2.45) is 0 Å². The van der Waals surface area contributed by atoms with Gasteiger partial charge < -0.3 is 8.98 Å². The molecular formula is C54H48BNO. The lowest BCUT2D eigenvalue weighted by molar-refractivity contribution is 0.662. The molecule has 0 fully saturated rings. The molecule has 3 heteroatoms. The Morgan fingerprint density at radius 1 is 0.526 bits per heavy atom. The zero-order valence-electron chi connectivity index (χ0n) is 34.3. The minimum Gasteiger partial charge on any atom is -0.456 e. The molecule has 9 aromatic rings. The predicted molar refractivity (Wildman–Crippen MR) is 244 cm³/mol. The van der Waals surface area contributed by atoms with Gasteiger partial charge in [-0.3, -0.25) is 0 Å². The Morgan fingerprint density at radius 2 is 1.21 bits per heavy atom. The average Bonchev–Trinajstić information content (AvgIpc) is 3.91. The van der Waals surface area contributed by atoms with E-state index in [4.69, 9.17) is 4.42 Å². The second-order valence-corrected chi connectivity index (χ2v) is 18.2. The molecule has 0 N–H and O–H groups in total. The maximum Gasteiger partial charge on any atom is 0.243 e. The summed E-state index contributed by atoms with van der Waals surface area (Å²) in [5, 5.41) is 4.82. The van der Waals surface area contributed by atoms with Crippen molar-refractivity contribution in [3.8, 4) is 27.9 Å². The first-order chi connectivity index (χ1) is 27.5. The van der Waals surface area contributed by atoms with Crippen molar-refractivity contribution >= 4 is 66.8 Å². The Kier molecular flexibility index (Phi) is 7.32. The highest BCUT2D eigenvalue weighted by atomic mass is 16.3. The maximum atomic E-state index is 6.51. The molecular weight excluding hydrogens is 689 g/mol. The third-order valence-corrected chi connectivity index (χ3v) is 13.6. The van der Waals surface area contributed by atoms with Crippen LogP contribution in [0.1, 0.15) is 101 Å². The molecule has 1 aliphatic heterocycles. The molecule has 2 aromatic heterocycles. The van der Waals surface area contributed by atoms with Gasteiger partial charge in [-0.25, -0.2) is 0 Å². The van der Waals surface area contributed by atoms with E-state index in [0.717, 1.165) is 27.5 Å². The predicted octanol–water partition coefficient (Wildman–Crippen LogP) is 12.9. The van der Waals surface area contributed by atoms with Gasteiger partial charge in [-0.15, -0.1) is 0 Å². The average molecular weight is 738 g/mol. The quantitative estimate of drug-likeness (QED) is 0.161. The minimum atomic E-state index is -0.150. The molecule has 3 heterocycles. The molecule has 278 valence electrons. The van der Waals surface area contributed by atoms with E-state index in [1.165, 1.54) is 88.4 Å². The monoisotopic (exact) mass is 737 g/mol. The summed E-state index contributed by atoms with van der Waals surface area (Å²) in [5.41, 5.74) is 22.4. The topological polar surface area (TPSA) is 18.1 Å². The summed E-state index contributed by atoms with van der Waals surface area (Å²) in [6.07, 6.45) is 0. The Morgan fingerprint density at radius 3 is 1.96 bits per heavy atom. The normalized spacial score (nSPS) is 14.2. The largest absolute Gasteiger partial charge is 0.456 e. The fourth-order valence-electron chi connectivity index (χ4n) is 10.9. The molecule has 57 heavy (non-hydrogen) atoms. The van der Waals surface area contributed by atoms with Crippen LogP contribution in [0.15, 0.2) is 132 Å². The summed E-state index contributed by atoms with van der Waals surface area (Å²) in [6.45, 7) is 19.2. The van der Waals surface area contributed by atoms with Crippen LogP contribution in [0, 0.1) is 0 Å². The molecule has 2 aliphatic rings. The standard InChI is InChI=1S/C54H48BNO/c1-30(2)33-25-39(31(3)4)53(40(26-33)32(5)6)55-45-23-21-34(27-43(45)51-46(55)24-22-38-35-15-9-12-18-44(35)54(7,8)52(38)51)56-47-19-13-10-16-36(47)41-28-42-37-17-11-14-20-49(37)57-50(42)29-48(41)56/h9-32H,1-8H3. The number of rotatable bonds is 5. The molecule has 0 bridgehead atoms. The molecule has 11 rings (SSSR count). The Balaban J connectivity index is 1.23. The fraction of sp³-hybridized carbons (Fsp3) is 0.222. The van der Waals surface area contributed by atoms with Crippen LogP contribution in [0.25, 0.3) is 71.7 Å². The highest BCUT2D eigenvalue weighted by Gasteiger charge is 2.45. The third kappa shape index (κ3) is 4.72. The van der Waals surface area contributed by atoms with Crippen molar-refractivity contribution < 1.29 is 4.42 Å². The summed E-state index contributed by atoms with van der Waals surface area (Å²) >= 11 is 0. The fourth-order valence-corrected chi connectivity index (χ4v) is 10.9. The van der Waals surface area contributed by atoms with E-state index in [-0.39, 0.29) is 12.1 Å². The molecule has 0 unspecified atom stereocenters. The zero-order chi connectivity index (χ0) is 39.1. The lowest BCUT2D eigenvalue weighted by atomic mass is 9.36. The molecule has 0 atom stereocenters.